The summed E-state index contributed by atoms with van der Waals surface area (Å²) in [6.07, 6.45) is 4.40. The highest BCUT2D eigenvalue weighted by atomic mass is 35.5. The molecule has 0 aliphatic rings. The third kappa shape index (κ3) is 7.61. The molecule has 0 amide bonds. The SMILES string of the molecule is O=C(CCC(=O)Oc1c(F)c(F)c(F)c(F)c1F)OCCCCCCCCCl. The highest BCUT2D eigenvalue weighted by Crippen LogP contribution is 2.29. The Kier molecular flexibility index (Phi) is 10.8. The molecule has 0 aromatic heterocycles. The molecule has 0 heterocycles. The van der Waals surface area contributed by atoms with Crippen LogP contribution in [0.2, 0.25) is 0 Å². The molecule has 0 aliphatic carbocycles. The Morgan fingerprint density at radius 2 is 1.14 bits per heavy atom. The molecule has 1 rings (SSSR count). The van der Waals surface area contributed by atoms with Crippen molar-refractivity contribution in [2.45, 2.75) is 51.4 Å². The summed E-state index contributed by atoms with van der Waals surface area (Å²) < 4.78 is 74.8. The minimum atomic E-state index is -2.36. The van der Waals surface area contributed by atoms with Crippen molar-refractivity contribution in [2.24, 2.45) is 0 Å². The van der Waals surface area contributed by atoms with Gasteiger partial charge in [0.25, 0.3) is 0 Å². The second-order valence-electron chi connectivity index (χ2n) is 5.90. The molecule has 4 nitrogen and oxygen atoms in total. The topological polar surface area (TPSA) is 52.6 Å². The van der Waals surface area contributed by atoms with Crippen molar-refractivity contribution in [3.05, 3.63) is 29.1 Å². The van der Waals surface area contributed by atoms with E-state index < -0.39 is 59.6 Å². The van der Waals surface area contributed by atoms with E-state index in [1.54, 1.807) is 0 Å². The zero-order chi connectivity index (χ0) is 21.1. The van der Waals surface area contributed by atoms with Gasteiger partial charge in [0.2, 0.25) is 34.8 Å². The van der Waals surface area contributed by atoms with Crippen LogP contribution in [0.3, 0.4) is 0 Å². The predicted octanol–water partition coefficient (Wildman–Crippen LogP) is 5.19. The molecule has 0 N–H and O–H groups in total. The van der Waals surface area contributed by atoms with E-state index in [1.807, 2.05) is 0 Å². The van der Waals surface area contributed by atoms with Gasteiger partial charge in [-0.1, -0.05) is 25.7 Å². The van der Waals surface area contributed by atoms with Crippen LogP contribution in [0.4, 0.5) is 22.0 Å². The Morgan fingerprint density at radius 3 is 1.71 bits per heavy atom. The molecule has 0 aliphatic heterocycles. The lowest BCUT2D eigenvalue weighted by Gasteiger charge is -2.09. The van der Waals surface area contributed by atoms with Gasteiger partial charge in [0.05, 0.1) is 19.4 Å². The fourth-order valence-corrected chi connectivity index (χ4v) is 2.39. The van der Waals surface area contributed by atoms with Crippen molar-refractivity contribution in [2.75, 3.05) is 12.5 Å². The molecular formula is C18H20ClF5O4. The van der Waals surface area contributed by atoms with E-state index in [2.05, 4.69) is 4.74 Å². The normalized spacial score (nSPS) is 10.8. The van der Waals surface area contributed by atoms with E-state index in [0.717, 1.165) is 32.1 Å². The number of benzene rings is 1. The van der Waals surface area contributed by atoms with Gasteiger partial charge < -0.3 is 9.47 Å². The van der Waals surface area contributed by atoms with Gasteiger partial charge in [0, 0.05) is 5.88 Å². The van der Waals surface area contributed by atoms with Crippen molar-refractivity contribution in [3.8, 4) is 5.75 Å². The number of hydrogen-bond donors (Lipinski definition) is 0. The monoisotopic (exact) mass is 430 g/mol. The van der Waals surface area contributed by atoms with Gasteiger partial charge in [-0.2, -0.15) is 8.78 Å². The predicted molar refractivity (Wildman–Crippen MR) is 90.5 cm³/mol. The quantitative estimate of drug-likeness (QED) is 0.0871. The van der Waals surface area contributed by atoms with Crippen LogP contribution < -0.4 is 4.74 Å². The number of halogens is 6. The van der Waals surface area contributed by atoms with E-state index in [-0.39, 0.29) is 6.61 Å². The first-order valence-electron chi connectivity index (χ1n) is 8.73. The van der Waals surface area contributed by atoms with E-state index in [4.69, 9.17) is 16.3 Å². The van der Waals surface area contributed by atoms with Crippen LogP contribution in [-0.4, -0.2) is 24.4 Å². The first kappa shape index (κ1) is 24.1. The molecule has 28 heavy (non-hydrogen) atoms. The number of alkyl halides is 1. The molecular weight excluding hydrogens is 411 g/mol. The standard InChI is InChI=1S/C18H20ClF5O4/c19-9-5-3-1-2-4-6-10-27-11(25)7-8-12(26)28-18-16(23)14(21)13(20)15(22)17(18)24/h1-10H2. The maximum Gasteiger partial charge on any atom is 0.311 e. The lowest BCUT2D eigenvalue weighted by molar-refractivity contribution is -0.147. The fourth-order valence-electron chi connectivity index (χ4n) is 2.21. The lowest BCUT2D eigenvalue weighted by atomic mass is 10.1. The van der Waals surface area contributed by atoms with Crippen LogP contribution in [0.5, 0.6) is 5.75 Å². The third-order valence-corrected chi connectivity index (χ3v) is 3.98. The lowest BCUT2D eigenvalue weighted by Crippen LogP contribution is -2.15. The molecule has 0 atom stereocenters. The molecule has 0 bridgehead atoms. The summed E-state index contributed by atoms with van der Waals surface area (Å²) in [5, 5.41) is 0. The van der Waals surface area contributed by atoms with Gasteiger partial charge in [-0.25, -0.2) is 13.2 Å². The summed E-state index contributed by atoms with van der Waals surface area (Å²) in [4.78, 5) is 23.0. The van der Waals surface area contributed by atoms with Gasteiger partial charge in [-0.05, 0) is 12.8 Å². The molecule has 0 saturated heterocycles. The van der Waals surface area contributed by atoms with Crippen molar-refractivity contribution in [1.29, 1.82) is 0 Å². The second-order valence-corrected chi connectivity index (χ2v) is 6.28. The summed E-state index contributed by atoms with van der Waals surface area (Å²) in [6.45, 7) is 0.154. The fraction of sp³-hybridized carbons (Fsp3) is 0.556. The second kappa shape index (κ2) is 12.5. The van der Waals surface area contributed by atoms with Crippen molar-refractivity contribution in [3.63, 3.8) is 0 Å². The van der Waals surface area contributed by atoms with Crippen LogP contribution >= 0.6 is 11.6 Å². The van der Waals surface area contributed by atoms with Crippen molar-refractivity contribution in [1.82, 2.24) is 0 Å². The summed E-state index contributed by atoms with van der Waals surface area (Å²) >= 11 is 5.56. The third-order valence-electron chi connectivity index (χ3n) is 3.71. The van der Waals surface area contributed by atoms with Gasteiger partial charge in [0.1, 0.15) is 0 Å². The number of ether oxygens (including phenoxy) is 2. The largest absolute Gasteiger partial charge is 0.466 e. The van der Waals surface area contributed by atoms with Crippen LogP contribution in [0.1, 0.15) is 51.4 Å². The molecule has 0 saturated carbocycles. The van der Waals surface area contributed by atoms with Crippen LogP contribution in [0.25, 0.3) is 0 Å². The Morgan fingerprint density at radius 1 is 0.679 bits per heavy atom. The Hall–Kier alpha value is -1.90. The minimum Gasteiger partial charge on any atom is -0.466 e. The number of carbonyl (C=O) groups is 2. The summed E-state index contributed by atoms with van der Waals surface area (Å²) in [5.74, 6) is -14.5. The molecule has 0 unspecified atom stereocenters. The number of carbonyl (C=O) groups excluding carboxylic acids is 2. The maximum absolute atomic E-state index is 13.4. The Labute approximate surface area is 163 Å². The number of esters is 2. The average Bonchev–Trinajstić information content (AvgIpc) is 2.68. The van der Waals surface area contributed by atoms with Gasteiger partial charge in [-0.15, -0.1) is 11.6 Å². The Bertz CT molecular complexity index is 655. The first-order chi connectivity index (χ1) is 13.3. The van der Waals surface area contributed by atoms with E-state index in [0.29, 0.717) is 12.3 Å². The van der Waals surface area contributed by atoms with Gasteiger partial charge in [-0.3, -0.25) is 9.59 Å². The summed E-state index contributed by atoms with van der Waals surface area (Å²) in [6, 6.07) is 0. The minimum absolute atomic E-state index is 0.154. The van der Waals surface area contributed by atoms with Crippen LogP contribution in [0.15, 0.2) is 0 Å². The van der Waals surface area contributed by atoms with Gasteiger partial charge >= 0.3 is 11.9 Å². The van der Waals surface area contributed by atoms with Gasteiger partial charge in [0.15, 0.2) is 0 Å². The molecule has 0 radical (unpaired) electrons. The van der Waals surface area contributed by atoms with E-state index in [9.17, 15) is 31.5 Å². The smallest absolute Gasteiger partial charge is 0.311 e. The first-order valence-corrected chi connectivity index (χ1v) is 9.26. The number of unbranched alkanes of at least 4 members (excludes halogenated alkanes) is 5. The van der Waals surface area contributed by atoms with Crippen molar-refractivity contribution >= 4 is 23.5 Å². The molecule has 1 aromatic carbocycles. The van der Waals surface area contributed by atoms with E-state index in [1.165, 1.54) is 0 Å². The molecule has 10 heteroatoms. The Balaban J connectivity index is 2.33. The zero-order valence-corrected chi connectivity index (χ0v) is 15.7. The molecule has 1 aromatic rings. The highest BCUT2D eigenvalue weighted by molar-refractivity contribution is 6.17. The number of hydrogen-bond acceptors (Lipinski definition) is 4. The molecule has 0 fully saturated rings. The zero-order valence-electron chi connectivity index (χ0n) is 15.0. The average molecular weight is 431 g/mol. The highest BCUT2D eigenvalue weighted by Gasteiger charge is 2.28. The van der Waals surface area contributed by atoms with Crippen LogP contribution in [-0.2, 0) is 14.3 Å². The van der Waals surface area contributed by atoms with Crippen molar-refractivity contribution < 1.29 is 41.0 Å². The van der Waals surface area contributed by atoms with E-state index >= 15 is 0 Å². The van der Waals surface area contributed by atoms with Crippen LogP contribution in [0, 0.1) is 29.1 Å². The molecule has 0 spiro atoms. The number of rotatable bonds is 12. The summed E-state index contributed by atoms with van der Waals surface area (Å²) in [5.41, 5.74) is 0. The molecule has 158 valence electrons. The summed E-state index contributed by atoms with van der Waals surface area (Å²) in [7, 11) is 0. The maximum atomic E-state index is 13.4.